The zero-order chi connectivity index (χ0) is 21.7. The molecule has 2 heterocycles. The van der Waals surface area contributed by atoms with Crippen LogP contribution in [0.1, 0.15) is 43.5 Å². The Morgan fingerprint density at radius 2 is 2.03 bits per heavy atom. The third-order valence-electron chi connectivity index (χ3n) is 6.49. The highest BCUT2D eigenvalue weighted by atomic mass is 19.1. The van der Waals surface area contributed by atoms with Gasteiger partial charge >= 0.3 is 0 Å². The number of hydrogen-bond acceptors (Lipinski definition) is 3. The Morgan fingerprint density at radius 3 is 2.68 bits per heavy atom. The van der Waals surface area contributed by atoms with Gasteiger partial charge in [0.2, 0.25) is 5.91 Å². The van der Waals surface area contributed by atoms with Crippen molar-refractivity contribution in [3.05, 3.63) is 47.8 Å². The van der Waals surface area contributed by atoms with Gasteiger partial charge in [-0.15, -0.1) is 0 Å². The summed E-state index contributed by atoms with van der Waals surface area (Å²) in [5.41, 5.74) is 2.67. The van der Waals surface area contributed by atoms with Crippen LogP contribution in [-0.4, -0.2) is 38.9 Å². The number of hydrogen-bond donors (Lipinski definition) is 1. The largest absolute Gasteiger partial charge is 0.335 e. The van der Waals surface area contributed by atoms with Crippen molar-refractivity contribution in [3.8, 4) is 11.4 Å². The molecule has 2 atom stereocenters. The van der Waals surface area contributed by atoms with Crippen LogP contribution in [0.4, 0.5) is 10.1 Å². The predicted molar refractivity (Wildman–Crippen MR) is 117 cm³/mol. The molecule has 2 aliphatic rings. The molecule has 0 unspecified atom stereocenters. The molecule has 5 rings (SSSR count). The molecule has 0 spiro atoms. The summed E-state index contributed by atoms with van der Waals surface area (Å²) in [5.74, 6) is 0.432. The van der Waals surface area contributed by atoms with E-state index in [2.05, 4.69) is 5.32 Å². The third kappa shape index (κ3) is 3.28. The molecule has 1 N–H and O–H groups in total. The predicted octanol–water partition coefficient (Wildman–Crippen LogP) is 4.45. The minimum Gasteiger partial charge on any atom is -0.335 e. The fraction of sp³-hybridized carbons (Fsp3) is 0.375. The Hall–Kier alpha value is -3.22. The fourth-order valence-corrected chi connectivity index (χ4v) is 5.19. The van der Waals surface area contributed by atoms with Gasteiger partial charge in [0.1, 0.15) is 11.6 Å². The summed E-state index contributed by atoms with van der Waals surface area (Å²) in [6.45, 7) is 4.70. The number of halogens is 1. The summed E-state index contributed by atoms with van der Waals surface area (Å²) in [6, 6.07) is 10.3. The normalized spacial score (nSPS) is 19.9. The fourth-order valence-electron chi connectivity index (χ4n) is 5.19. The van der Waals surface area contributed by atoms with Gasteiger partial charge in [-0.25, -0.2) is 9.37 Å². The van der Waals surface area contributed by atoms with Crippen molar-refractivity contribution in [1.29, 1.82) is 0 Å². The number of piperidine rings is 1. The van der Waals surface area contributed by atoms with Crippen molar-refractivity contribution < 1.29 is 14.0 Å². The molecule has 3 aromatic rings. The highest BCUT2D eigenvalue weighted by Gasteiger charge is 2.41. The summed E-state index contributed by atoms with van der Waals surface area (Å²) < 4.78 is 16.5. The van der Waals surface area contributed by atoms with Crippen LogP contribution < -0.4 is 5.32 Å². The lowest BCUT2D eigenvalue weighted by Gasteiger charge is -2.27. The topological polar surface area (TPSA) is 67.2 Å². The van der Waals surface area contributed by atoms with Gasteiger partial charge in [0.25, 0.3) is 5.91 Å². The number of amides is 2. The number of benzene rings is 2. The van der Waals surface area contributed by atoms with E-state index in [-0.39, 0.29) is 23.7 Å². The van der Waals surface area contributed by atoms with Crippen molar-refractivity contribution in [3.63, 3.8) is 0 Å². The summed E-state index contributed by atoms with van der Waals surface area (Å²) in [4.78, 5) is 32.0. The number of fused-ring (bicyclic) bond motifs is 3. The van der Waals surface area contributed by atoms with Gasteiger partial charge in [-0.05, 0) is 56.4 Å². The second-order valence-electron chi connectivity index (χ2n) is 8.52. The van der Waals surface area contributed by atoms with Crippen LogP contribution in [0.2, 0.25) is 0 Å². The summed E-state index contributed by atoms with van der Waals surface area (Å²) >= 11 is 0. The molecule has 7 heteroatoms. The van der Waals surface area contributed by atoms with Gasteiger partial charge in [-0.3, -0.25) is 9.59 Å². The number of carbonyl (C=O) groups is 2. The molecule has 2 bridgehead atoms. The van der Waals surface area contributed by atoms with Crippen LogP contribution >= 0.6 is 0 Å². The average molecular weight is 420 g/mol. The zero-order valence-corrected chi connectivity index (χ0v) is 17.7. The lowest BCUT2D eigenvalue weighted by molar-refractivity contribution is -0.114. The minimum atomic E-state index is -0.362. The van der Waals surface area contributed by atoms with Crippen molar-refractivity contribution in [2.45, 2.75) is 45.7 Å². The Balaban J connectivity index is 1.71. The van der Waals surface area contributed by atoms with Crippen LogP contribution in [0.5, 0.6) is 0 Å². The Bertz CT molecular complexity index is 1200. The first-order valence-corrected chi connectivity index (χ1v) is 10.8. The second kappa shape index (κ2) is 7.48. The Labute approximate surface area is 180 Å². The van der Waals surface area contributed by atoms with Crippen molar-refractivity contribution in [2.24, 2.45) is 5.92 Å². The van der Waals surface area contributed by atoms with Crippen LogP contribution in [0.15, 0.2) is 36.4 Å². The molecule has 2 aromatic carbocycles. The summed E-state index contributed by atoms with van der Waals surface area (Å²) in [7, 11) is 0. The number of aryl methyl sites for hydroxylation is 1. The van der Waals surface area contributed by atoms with Crippen molar-refractivity contribution in [1.82, 2.24) is 14.5 Å². The molecular weight excluding hydrogens is 395 g/mol. The molecule has 31 heavy (non-hydrogen) atoms. The number of nitrogens with zero attached hydrogens (tertiary/aromatic N) is 3. The molecular formula is C24H25FN4O2. The van der Waals surface area contributed by atoms with Gasteiger partial charge in [0.05, 0.1) is 22.2 Å². The van der Waals surface area contributed by atoms with Gasteiger partial charge in [0, 0.05) is 31.7 Å². The molecule has 6 nitrogen and oxygen atoms in total. The van der Waals surface area contributed by atoms with Crippen molar-refractivity contribution >= 4 is 28.5 Å². The van der Waals surface area contributed by atoms with Crippen LogP contribution in [0, 0.1) is 11.7 Å². The molecule has 1 aliphatic carbocycles. The smallest absolute Gasteiger partial charge is 0.256 e. The highest BCUT2D eigenvalue weighted by molar-refractivity contribution is 6.08. The number of anilines is 1. The van der Waals surface area contributed by atoms with Crippen LogP contribution in [-0.2, 0) is 11.3 Å². The minimum absolute atomic E-state index is 0.0425. The third-order valence-corrected chi connectivity index (χ3v) is 6.49. The maximum atomic E-state index is 14.6. The number of imidazole rings is 1. The van der Waals surface area contributed by atoms with Crippen molar-refractivity contribution in [2.75, 3.05) is 11.9 Å². The average Bonchev–Trinajstić information content (AvgIpc) is 3.46. The van der Waals surface area contributed by atoms with E-state index in [0.717, 1.165) is 19.4 Å². The first kappa shape index (κ1) is 19.7. The highest BCUT2D eigenvalue weighted by Crippen LogP contribution is 2.39. The van der Waals surface area contributed by atoms with E-state index in [1.807, 2.05) is 16.4 Å². The molecule has 1 saturated heterocycles. The lowest BCUT2D eigenvalue weighted by Crippen LogP contribution is -2.37. The van der Waals surface area contributed by atoms with E-state index in [0.29, 0.717) is 46.1 Å². The van der Waals surface area contributed by atoms with E-state index >= 15 is 0 Å². The molecule has 1 aliphatic heterocycles. The SMILES string of the molecule is CCn1c(-c2ccccc2F)nc2cc(NC(C)=O)cc(C(=O)N3C[C@@H]4CC[C@@H]3C4)c21. The van der Waals surface area contributed by atoms with E-state index in [1.54, 1.807) is 30.3 Å². The number of rotatable bonds is 4. The zero-order valence-electron chi connectivity index (χ0n) is 17.7. The van der Waals surface area contributed by atoms with Gasteiger partial charge in [-0.1, -0.05) is 12.1 Å². The van der Waals surface area contributed by atoms with Gasteiger partial charge in [-0.2, -0.15) is 0 Å². The van der Waals surface area contributed by atoms with E-state index in [4.69, 9.17) is 4.98 Å². The summed E-state index contributed by atoms with van der Waals surface area (Å²) in [5, 5.41) is 2.78. The molecule has 2 amide bonds. The molecule has 2 fully saturated rings. The van der Waals surface area contributed by atoms with Gasteiger partial charge < -0.3 is 14.8 Å². The maximum absolute atomic E-state index is 14.6. The van der Waals surface area contributed by atoms with E-state index < -0.39 is 0 Å². The number of nitrogens with one attached hydrogen (secondary N) is 1. The molecule has 1 saturated carbocycles. The molecule has 160 valence electrons. The summed E-state index contributed by atoms with van der Waals surface area (Å²) in [6.07, 6.45) is 3.28. The maximum Gasteiger partial charge on any atom is 0.256 e. The second-order valence-corrected chi connectivity index (χ2v) is 8.52. The van der Waals surface area contributed by atoms with Crippen LogP contribution in [0.3, 0.4) is 0 Å². The number of carbonyl (C=O) groups excluding carboxylic acids is 2. The Kier molecular flexibility index (Phi) is 4.76. The van der Waals surface area contributed by atoms with E-state index in [1.165, 1.54) is 19.4 Å². The van der Waals surface area contributed by atoms with E-state index in [9.17, 15) is 14.0 Å². The Morgan fingerprint density at radius 1 is 1.23 bits per heavy atom. The molecule has 0 radical (unpaired) electrons. The lowest BCUT2D eigenvalue weighted by atomic mass is 10.1. The van der Waals surface area contributed by atoms with Crippen LogP contribution in [0.25, 0.3) is 22.4 Å². The standard InChI is InChI=1S/C24H25FN4O2/c1-3-28-22-19(24(31)29-13-15-8-9-17(29)10-15)11-16(26-14(2)30)12-21(22)27-23(28)18-6-4-5-7-20(18)25/h4-7,11-12,15,17H,3,8-10,13H2,1-2H3,(H,26,30)/t15-,17-/m1/s1. The monoisotopic (exact) mass is 420 g/mol. The number of likely N-dealkylation sites (tertiary alicyclic amines) is 1. The van der Waals surface area contributed by atoms with Gasteiger partial charge in [0.15, 0.2) is 0 Å². The first-order valence-electron chi connectivity index (χ1n) is 10.8. The first-order chi connectivity index (χ1) is 15.0. The number of aromatic nitrogens is 2. The quantitative estimate of drug-likeness (QED) is 0.678. The molecule has 1 aromatic heterocycles.